The van der Waals surface area contributed by atoms with E-state index in [4.69, 9.17) is 4.74 Å². The van der Waals surface area contributed by atoms with Crippen LogP contribution in [-0.2, 0) is 16.0 Å². The molecule has 1 aliphatic rings. The lowest BCUT2D eigenvalue weighted by Gasteiger charge is -2.33. The Hall–Kier alpha value is -1.15. The summed E-state index contributed by atoms with van der Waals surface area (Å²) in [5.41, 5.74) is 2.14. The van der Waals surface area contributed by atoms with E-state index in [2.05, 4.69) is 24.3 Å². The normalized spacial score (nSPS) is 20.7. The molecule has 2 rings (SSSR count). The predicted octanol–water partition coefficient (Wildman–Crippen LogP) is 3.49. The number of benzene rings is 1. The molecule has 2 heteroatoms. The van der Waals surface area contributed by atoms with Crippen molar-refractivity contribution in [2.24, 2.45) is 0 Å². The fraction of sp³-hybridized carbons (Fsp3) is 0.562. The van der Waals surface area contributed by atoms with Crippen molar-refractivity contribution in [2.45, 2.75) is 51.6 Å². The summed E-state index contributed by atoms with van der Waals surface area (Å²) in [4.78, 5) is 12.4. The van der Waals surface area contributed by atoms with Crippen molar-refractivity contribution in [3.8, 4) is 0 Å². The minimum Gasteiger partial charge on any atom is -0.368 e. The van der Waals surface area contributed by atoms with Gasteiger partial charge in [-0.2, -0.15) is 0 Å². The Kier molecular flexibility index (Phi) is 3.86. The summed E-state index contributed by atoms with van der Waals surface area (Å²) in [6, 6.07) is 8.41. The molecule has 1 aromatic rings. The summed E-state index contributed by atoms with van der Waals surface area (Å²) in [5, 5.41) is 0. The van der Waals surface area contributed by atoms with Crippen molar-refractivity contribution in [3.05, 3.63) is 35.4 Å². The van der Waals surface area contributed by atoms with E-state index in [1.165, 1.54) is 11.1 Å². The van der Waals surface area contributed by atoms with Crippen molar-refractivity contribution in [3.63, 3.8) is 0 Å². The van der Waals surface area contributed by atoms with Crippen LogP contribution in [0.25, 0.3) is 0 Å². The standard InChI is InChI=1S/C16H22O2/c1-4-16(3,18-5-2)15(17)11-13-10-12-8-6-7-9-14(12)13/h6-9,13H,4-5,10-11H2,1-3H3. The summed E-state index contributed by atoms with van der Waals surface area (Å²) in [6.07, 6.45) is 2.39. The van der Waals surface area contributed by atoms with Gasteiger partial charge in [0.15, 0.2) is 5.78 Å². The van der Waals surface area contributed by atoms with E-state index in [1.807, 2.05) is 20.8 Å². The predicted molar refractivity (Wildman–Crippen MR) is 72.8 cm³/mol. The van der Waals surface area contributed by atoms with Crippen LogP contribution >= 0.6 is 0 Å². The molecule has 1 aliphatic carbocycles. The molecular formula is C16H22O2. The molecule has 0 radical (unpaired) electrons. The average Bonchev–Trinajstić information content (AvgIpc) is 2.35. The van der Waals surface area contributed by atoms with E-state index in [0.717, 1.165) is 12.8 Å². The molecule has 0 bridgehead atoms. The van der Waals surface area contributed by atoms with Crippen molar-refractivity contribution in [1.29, 1.82) is 0 Å². The molecule has 2 atom stereocenters. The van der Waals surface area contributed by atoms with Crippen LogP contribution in [0.1, 0.15) is 50.7 Å². The molecule has 98 valence electrons. The van der Waals surface area contributed by atoms with E-state index in [0.29, 0.717) is 18.9 Å². The first-order valence-electron chi connectivity index (χ1n) is 6.85. The van der Waals surface area contributed by atoms with Crippen LogP contribution in [0.3, 0.4) is 0 Å². The molecule has 0 spiro atoms. The van der Waals surface area contributed by atoms with Gasteiger partial charge in [0.1, 0.15) is 5.60 Å². The molecule has 0 heterocycles. The summed E-state index contributed by atoms with van der Waals surface area (Å²) in [7, 11) is 0. The third-order valence-corrected chi connectivity index (χ3v) is 4.12. The second kappa shape index (κ2) is 5.23. The molecule has 2 unspecified atom stereocenters. The highest BCUT2D eigenvalue weighted by Gasteiger charge is 2.36. The van der Waals surface area contributed by atoms with Crippen LogP contribution in [0.5, 0.6) is 0 Å². The Morgan fingerprint density at radius 2 is 2.11 bits per heavy atom. The van der Waals surface area contributed by atoms with Gasteiger partial charge in [0.05, 0.1) is 0 Å². The van der Waals surface area contributed by atoms with Crippen LogP contribution in [0.4, 0.5) is 0 Å². The zero-order valence-corrected chi connectivity index (χ0v) is 11.5. The van der Waals surface area contributed by atoms with Crippen LogP contribution in [0, 0.1) is 0 Å². The topological polar surface area (TPSA) is 26.3 Å². The lowest BCUT2D eigenvalue weighted by molar-refractivity contribution is -0.143. The Labute approximate surface area is 109 Å². The Bertz CT molecular complexity index is 438. The fourth-order valence-electron chi connectivity index (χ4n) is 2.68. The molecule has 0 saturated carbocycles. The van der Waals surface area contributed by atoms with Gasteiger partial charge < -0.3 is 4.74 Å². The minimum absolute atomic E-state index is 0.242. The largest absolute Gasteiger partial charge is 0.368 e. The van der Waals surface area contributed by atoms with Gasteiger partial charge in [-0.25, -0.2) is 0 Å². The summed E-state index contributed by atoms with van der Waals surface area (Å²) >= 11 is 0. The van der Waals surface area contributed by atoms with E-state index in [9.17, 15) is 4.79 Å². The number of hydrogen-bond donors (Lipinski definition) is 0. The Morgan fingerprint density at radius 1 is 1.39 bits per heavy atom. The maximum atomic E-state index is 12.4. The second-order valence-corrected chi connectivity index (χ2v) is 5.24. The first-order valence-corrected chi connectivity index (χ1v) is 6.85. The number of hydrogen-bond acceptors (Lipinski definition) is 2. The molecule has 1 aromatic carbocycles. The fourth-order valence-corrected chi connectivity index (χ4v) is 2.68. The summed E-state index contributed by atoms with van der Waals surface area (Å²) in [6.45, 7) is 6.48. The van der Waals surface area contributed by atoms with Crippen molar-refractivity contribution >= 4 is 5.78 Å². The number of Topliss-reactive ketones (excluding diaryl/α,β-unsaturated/α-hetero) is 1. The molecule has 18 heavy (non-hydrogen) atoms. The van der Waals surface area contributed by atoms with Gasteiger partial charge in [-0.3, -0.25) is 4.79 Å². The van der Waals surface area contributed by atoms with Crippen molar-refractivity contribution in [2.75, 3.05) is 6.61 Å². The number of carbonyl (C=O) groups excluding carboxylic acids is 1. The van der Waals surface area contributed by atoms with Crippen LogP contribution in [-0.4, -0.2) is 18.0 Å². The van der Waals surface area contributed by atoms with Crippen molar-refractivity contribution < 1.29 is 9.53 Å². The van der Waals surface area contributed by atoms with E-state index in [-0.39, 0.29) is 5.78 Å². The Morgan fingerprint density at radius 3 is 2.72 bits per heavy atom. The number of carbonyl (C=O) groups is 1. The SMILES string of the molecule is CCOC(C)(CC)C(=O)CC1Cc2ccccc21. The van der Waals surface area contributed by atoms with Gasteiger partial charge in [-0.1, -0.05) is 31.2 Å². The monoisotopic (exact) mass is 246 g/mol. The molecule has 0 aliphatic heterocycles. The third-order valence-electron chi connectivity index (χ3n) is 4.12. The van der Waals surface area contributed by atoms with Crippen molar-refractivity contribution in [1.82, 2.24) is 0 Å². The van der Waals surface area contributed by atoms with Gasteiger partial charge in [0.2, 0.25) is 0 Å². The van der Waals surface area contributed by atoms with Gasteiger partial charge in [0.25, 0.3) is 0 Å². The maximum absolute atomic E-state index is 12.4. The average molecular weight is 246 g/mol. The molecule has 0 fully saturated rings. The lowest BCUT2D eigenvalue weighted by atomic mass is 9.73. The molecular weight excluding hydrogens is 224 g/mol. The third kappa shape index (κ3) is 2.35. The van der Waals surface area contributed by atoms with Gasteiger partial charge in [-0.15, -0.1) is 0 Å². The van der Waals surface area contributed by atoms with Gasteiger partial charge >= 0.3 is 0 Å². The zero-order valence-electron chi connectivity index (χ0n) is 11.5. The first-order chi connectivity index (χ1) is 8.60. The second-order valence-electron chi connectivity index (χ2n) is 5.24. The number of ether oxygens (including phenoxy) is 1. The molecule has 0 saturated heterocycles. The highest BCUT2D eigenvalue weighted by Crippen LogP contribution is 2.38. The number of fused-ring (bicyclic) bond motifs is 1. The summed E-state index contributed by atoms with van der Waals surface area (Å²) < 4.78 is 5.65. The smallest absolute Gasteiger partial charge is 0.164 e. The quantitative estimate of drug-likeness (QED) is 0.768. The first kappa shape index (κ1) is 13.3. The molecule has 0 amide bonds. The van der Waals surface area contributed by atoms with Gasteiger partial charge in [0, 0.05) is 13.0 Å². The maximum Gasteiger partial charge on any atom is 0.164 e. The minimum atomic E-state index is -0.598. The van der Waals surface area contributed by atoms with Crippen LogP contribution < -0.4 is 0 Å². The highest BCUT2D eigenvalue weighted by atomic mass is 16.5. The molecule has 2 nitrogen and oxygen atoms in total. The lowest BCUT2D eigenvalue weighted by Crippen LogP contribution is -2.39. The molecule has 0 aromatic heterocycles. The van der Waals surface area contributed by atoms with Crippen LogP contribution in [0.2, 0.25) is 0 Å². The van der Waals surface area contributed by atoms with E-state index >= 15 is 0 Å². The van der Waals surface area contributed by atoms with Gasteiger partial charge in [-0.05, 0) is 43.7 Å². The summed E-state index contributed by atoms with van der Waals surface area (Å²) in [5.74, 6) is 0.645. The molecule has 0 N–H and O–H groups in total. The van der Waals surface area contributed by atoms with E-state index < -0.39 is 5.60 Å². The highest BCUT2D eigenvalue weighted by molar-refractivity contribution is 5.88. The Balaban J connectivity index is 2.01. The number of ketones is 1. The zero-order chi connectivity index (χ0) is 13.2. The van der Waals surface area contributed by atoms with Crippen LogP contribution in [0.15, 0.2) is 24.3 Å². The number of rotatable bonds is 6. The van der Waals surface area contributed by atoms with E-state index in [1.54, 1.807) is 0 Å².